The van der Waals surface area contributed by atoms with E-state index < -0.39 is 11.5 Å². The molecule has 1 aliphatic heterocycles. The number of carboxylic acids is 1. The van der Waals surface area contributed by atoms with Crippen molar-refractivity contribution in [3.8, 4) is 11.5 Å². The van der Waals surface area contributed by atoms with Crippen molar-refractivity contribution in [3.63, 3.8) is 0 Å². The van der Waals surface area contributed by atoms with Gasteiger partial charge in [-0.05, 0) is 19.1 Å². The van der Waals surface area contributed by atoms with Crippen LogP contribution in [0.5, 0.6) is 11.5 Å². The lowest BCUT2D eigenvalue weighted by Gasteiger charge is -2.12. The Morgan fingerprint density at radius 1 is 1.18 bits per heavy atom. The van der Waals surface area contributed by atoms with E-state index in [0.717, 1.165) is 0 Å². The van der Waals surface area contributed by atoms with Gasteiger partial charge in [-0.15, -0.1) is 11.8 Å². The molecule has 0 unspecified atom stereocenters. The van der Waals surface area contributed by atoms with Crippen LogP contribution in [0.4, 0.5) is 0 Å². The molecule has 0 saturated heterocycles. The van der Waals surface area contributed by atoms with Gasteiger partial charge in [-0.1, -0.05) is 6.07 Å². The molecular formula is C18H27MgNO7S. The number of ether oxygens (including phenoxy) is 4. The predicted molar refractivity (Wildman–Crippen MR) is 111 cm³/mol. The third-order valence-corrected chi connectivity index (χ3v) is 5.11. The second-order valence-corrected chi connectivity index (χ2v) is 6.97. The molecule has 0 fully saturated rings. The highest BCUT2D eigenvalue weighted by molar-refractivity contribution is 8.14. The van der Waals surface area contributed by atoms with Gasteiger partial charge >= 0.3 is 29.0 Å². The lowest BCUT2D eigenvalue weighted by Crippen LogP contribution is -2.33. The smallest absolute Gasteiger partial charge is 0.332 e. The van der Waals surface area contributed by atoms with Crippen LogP contribution in [-0.4, -0.2) is 102 Å². The molecular weight excluding hydrogens is 399 g/mol. The molecule has 0 aliphatic carbocycles. The van der Waals surface area contributed by atoms with Gasteiger partial charge in [-0.2, -0.15) is 0 Å². The van der Waals surface area contributed by atoms with Crippen LogP contribution in [-0.2, 0) is 19.0 Å². The van der Waals surface area contributed by atoms with E-state index in [1.54, 1.807) is 32.2 Å². The molecule has 154 valence electrons. The summed E-state index contributed by atoms with van der Waals surface area (Å²) in [6.07, 6.45) is 0. The van der Waals surface area contributed by atoms with Crippen molar-refractivity contribution in [1.29, 1.82) is 0 Å². The monoisotopic (exact) mass is 425 g/mol. The number of hydrogen-bond acceptors (Lipinski definition) is 8. The Balaban J connectivity index is 0.00000392. The van der Waals surface area contributed by atoms with Crippen molar-refractivity contribution in [3.05, 3.63) is 23.8 Å². The number of rotatable bonds is 12. The summed E-state index contributed by atoms with van der Waals surface area (Å²) in [6.45, 7) is 4.17. The predicted octanol–water partition coefficient (Wildman–Crippen LogP) is 0.871. The number of aliphatic imine (C=N–C) groups is 1. The van der Waals surface area contributed by atoms with E-state index in [4.69, 9.17) is 18.9 Å². The molecule has 8 nitrogen and oxygen atoms in total. The van der Waals surface area contributed by atoms with E-state index in [1.165, 1.54) is 11.8 Å². The second kappa shape index (κ2) is 12.5. The van der Waals surface area contributed by atoms with Gasteiger partial charge in [-0.3, -0.25) is 4.99 Å². The standard InChI is InChI=1S/C18H25NO7S.Mg.2H/c1-18(17(21)22)12-27-16(19-18)13-4-3-5-14(15(13)20)26-11-10-25-9-8-24-7-6-23-2;;;/h3-5,20H,6-12H2,1-2H3,(H,21,22);;;/t18-;;;/m1.../s1. The quantitative estimate of drug-likeness (QED) is 0.375. The van der Waals surface area contributed by atoms with Crippen LogP contribution in [0.25, 0.3) is 0 Å². The molecule has 1 atom stereocenters. The molecule has 0 bridgehead atoms. The second-order valence-electron chi connectivity index (χ2n) is 6.00. The maximum Gasteiger partial charge on any atom is 0.332 e. The molecule has 28 heavy (non-hydrogen) atoms. The Kier molecular flexibility index (Phi) is 11.2. The van der Waals surface area contributed by atoms with Crippen LogP contribution in [0, 0.1) is 0 Å². The summed E-state index contributed by atoms with van der Waals surface area (Å²) >= 11 is 1.30. The highest BCUT2D eigenvalue weighted by Gasteiger charge is 2.39. The lowest BCUT2D eigenvalue weighted by atomic mass is 10.1. The SMILES string of the molecule is COCCOCCOCCOc1cccc(C2=N[C@@](C)(C(=O)O)CS2)c1O.[MgH2]. The zero-order valence-corrected chi connectivity index (χ0v) is 16.3. The van der Waals surface area contributed by atoms with Crippen LogP contribution >= 0.6 is 11.8 Å². The average Bonchev–Trinajstić information content (AvgIpc) is 3.05. The van der Waals surface area contributed by atoms with Gasteiger partial charge in [0.05, 0.1) is 38.6 Å². The van der Waals surface area contributed by atoms with Crippen LogP contribution in [0.1, 0.15) is 12.5 Å². The number of carbonyl (C=O) groups is 1. The molecule has 0 spiro atoms. The van der Waals surface area contributed by atoms with Crippen molar-refractivity contribution >= 4 is 45.8 Å². The van der Waals surface area contributed by atoms with E-state index in [9.17, 15) is 15.0 Å². The van der Waals surface area contributed by atoms with E-state index in [1.807, 2.05) is 0 Å². The van der Waals surface area contributed by atoms with Gasteiger partial charge in [0.15, 0.2) is 17.0 Å². The largest absolute Gasteiger partial charge is 0.504 e. The Morgan fingerprint density at radius 3 is 2.43 bits per heavy atom. The normalized spacial score (nSPS) is 18.4. The van der Waals surface area contributed by atoms with Crippen LogP contribution in [0.3, 0.4) is 0 Å². The zero-order valence-electron chi connectivity index (χ0n) is 15.5. The minimum atomic E-state index is -1.18. The Hall–Kier alpha value is -1.04. The summed E-state index contributed by atoms with van der Waals surface area (Å²) in [7, 11) is 1.62. The number of thioether (sulfide) groups is 1. The average molecular weight is 426 g/mol. The maximum absolute atomic E-state index is 11.3. The Morgan fingerprint density at radius 2 is 1.82 bits per heavy atom. The number of para-hydroxylation sites is 1. The molecule has 1 aromatic rings. The Bertz CT molecular complexity index is 673. The first-order valence-corrected chi connectivity index (χ1v) is 9.52. The first-order chi connectivity index (χ1) is 13.0. The molecule has 0 aromatic heterocycles. The number of phenolic OH excluding ortho intramolecular Hbond substituents is 1. The highest BCUT2D eigenvalue weighted by Crippen LogP contribution is 2.37. The van der Waals surface area contributed by atoms with E-state index >= 15 is 0 Å². The third kappa shape index (κ3) is 7.09. The summed E-state index contributed by atoms with van der Waals surface area (Å²) in [5.74, 6) is -0.413. The van der Waals surface area contributed by atoms with E-state index in [-0.39, 0.29) is 35.4 Å². The number of benzene rings is 1. The van der Waals surface area contributed by atoms with Crippen molar-refractivity contribution in [2.24, 2.45) is 4.99 Å². The number of methoxy groups -OCH3 is 1. The molecule has 0 amide bonds. The summed E-state index contributed by atoms with van der Waals surface area (Å²) in [5, 5.41) is 20.2. The number of aliphatic carboxylic acids is 1. The molecule has 1 heterocycles. The fourth-order valence-electron chi connectivity index (χ4n) is 2.23. The summed E-state index contributed by atoms with van der Waals surface area (Å²) < 4.78 is 21.1. The third-order valence-electron chi connectivity index (χ3n) is 3.82. The summed E-state index contributed by atoms with van der Waals surface area (Å²) in [4.78, 5) is 15.6. The fraction of sp³-hybridized carbons (Fsp3) is 0.556. The van der Waals surface area contributed by atoms with Gasteiger partial charge < -0.3 is 29.2 Å². The number of carboxylic acid groups (broad SMARTS) is 1. The van der Waals surface area contributed by atoms with Gasteiger partial charge in [0.1, 0.15) is 11.7 Å². The van der Waals surface area contributed by atoms with Gasteiger partial charge in [0, 0.05) is 12.9 Å². The molecule has 2 N–H and O–H groups in total. The molecule has 2 rings (SSSR count). The number of hydrogen-bond donors (Lipinski definition) is 2. The van der Waals surface area contributed by atoms with Crippen molar-refractivity contribution < 1.29 is 34.0 Å². The molecule has 1 aromatic carbocycles. The van der Waals surface area contributed by atoms with Crippen molar-refractivity contribution in [1.82, 2.24) is 0 Å². The number of phenols is 1. The summed E-state index contributed by atoms with van der Waals surface area (Å²) in [6, 6.07) is 5.06. The van der Waals surface area contributed by atoms with Crippen LogP contribution < -0.4 is 4.74 Å². The Labute approximate surface area is 184 Å². The minimum Gasteiger partial charge on any atom is -0.504 e. The summed E-state index contributed by atoms with van der Waals surface area (Å²) in [5.41, 5.74) is -0.711. The van der Waals surface area contributed by atoms with E-state index in [2.05, 4.69) is 4.99 Å². The maximum atomic E-state index is 11.3. The van der Waals surface area contributed by atoms with E-state index in [0.29, 0.717) is 55.1 Å². The molecule has 0 saturated carbocycles. The van der Waals surface area contributed by atoms with Crippen LogP contribution in [0.2, 0.25) is 0 Å². The topological polar surface area (TPSA) is 107 Å². The first kappa shape index (κ1) is 25.0. The van der Waals surface area contributed by atoms with Gasteiger partial charge in [0.25, 0.3) is 0 Å². The number of aromatic hydroxyl groups is 1. The molecule has 1 aliphatic rings. The minimum absolute atomic E-state index is 0. The lowest BCUT2D eigenvalue weighted by molar-refractivity contribution is -0.141. The number of nitrogens with zero attached hydrogens (tertiary/aromatic N) is 1. The highest BCUT2D eigenvalue weighted by atomic mass is 32.2. The van der Waals surface area contributed by atoms with Crippen LogP contribution in [0.15, 0.2) is 23.2 Å². The van der Waals surface area contributed by atoms with Crippen molar-refractivity contribution in [2.75, 3.05) is 52.5 Å². The van der Waals surface area contributed by atoms with Gasteiger partial charge in [0.2, 0.25) is 0 Å². The van der Waals surface area contributed by atoms with Crippen molar-refractivity contribution in [2.45, 2.75) is 12.5 Å². The zero-order chi connectivity index (χ0) is 19.7. The molecule has 10 heteroatoms. The fourth-order valence-corrected chi connectivity index (χ4v) is 3.42. The molecule has 0 radical (unpaired) electrons. The first-order valence-electron chi connectivity index (χ1n) is 8.53. The van der Waals surface area contributed by atoms with Gasteiger partial charge in [-0.25, -0.2) is 4.79 Å².